The number of hydrogen-bond acceptors (Lipinski definition) is 11. The van der Waals surface area contributed by atoms with Gasteiger partial charge in [-0.2, -0.15) is 0 Å². The molecule has 1 aromatic carbocycles. The third-order valence-electron chi connectivity index (χ3n) is 11.4. The maximum atomic E-state index is 14.1. The average molecular weight is 867 g/mol. The first-order valence-electron chi connectivity index (χ1n) is 21.4. The molecule has 1 aliphatic carbocycles. The Bertz CT molecular complexity index is 1650. The van der Waals surface area contributed by atoms with Crippen LogP contribution in [0.3, 0.4) is 0 Å². The molecule has 2 aliphatic rings. The summed E-state index contributed by atoms with van der Waals surface area (Å²) in [5, 5.41) is 14.6. The quantitative estimate of drug-likeness (QED) is 0.133. The number of aromatic hydroxyl groups is 1. The highest BCUT2D eigenvalue weighted by Gasteiger charge is 2.43. The number of carbonyl (C=O) groups excluding carboxylic acids is 5. The van der Waals surface area contributed by atoms with Gasteiger partial charge in [-0.1, -0.05) is 73.4 Å². The van der Waals surface area contributed by atoms with Gasteiger partial charge in [0.25, 0.3) is 5.91 Å². The Kier molecular flexibility index (Phi) is 21.5. The number of benzene rings is 1. The number of amides is 5. The third kappa shape index (κ3) is 15.0. The molecule has 1 saturated carbocycles. The summed E-state index contributed by atoms with van der Waals surface area (Å²) in [7, 11) is 4.35. The van der Waals surface area contributed by atoms with Gasteiger partial charge in [0.2, 0.25) is 33.7 Å². The van der Waals surface area contributed by atoms with Gasteiger partial charge in [-0.05, 0) is 69.3 Å². The number of methoxy groups -OCH3 is 2. The van der Waals surface area contributed by atoms with Crippen LogP contribution in [-0.4, -0.2) is 148 Å². The van der Waals surface area contributed by atoms with Gasteiger partial charge < -0.3 is 35.0 Å². The number of hydrogen-bond donors (Lipinski definition) is 4. The lowest BCUT2D eigenvalue weighted by molar-refractivity contribution is -0.146. The van der Waals surface area contributed by atoms with E-state index in [-0.39, 0.29) is 54.7 Å². The second-order valence-electron chi connectivity index (χ2n) is 16.9. The highest BCUT2D eigenvalue weighted by atomic mass is 32.2. The second-order valence-corrected chi connectivity index (χ2v) is 18.8. The molecular weight excluding hydrogens is 793 g/mol. The molecular formula is C43H74N6O10S. The fourth-order valence-electron chi connectivity index (χ4n) is 7.90. The van der Waals surface area contributed by atoms with Crippen molar-refractivity contribution in [3.05, 3.63) is 29.8 Å². The van der Waals surface area contributed by atoms with Gasteiger partial charge in [0.15, 0.2) is 0 Å². The molecule has 2 fully saturated rings. The highest BCUT2D eigenvalue weighted by Crippen LogP contribution is 2.30. The van der Waals surface area contributed by atoms with Crippen molar-refractivity contribution in [3.63, 3.8) is 0 Å². The van der Waals surface area contributed by atoms with E-state index in [9.17, 15) is 37.5 Å². The number of likely N-dealkylation sites (tertiary alicyclic amines) is 1. The van der Waals surface area contributed by atoms with E-state index in [1.807, 2.05) is 46.7 Å². The zero-order valence-electron chi connectivity index (χ0n) is 38.0. The Morgan fingerprint density at radius 1 is 0.900 bits per heavy atom. The van der Waals surface area contributed by atoms with E-state index < -0.39 is 69.4 Å². The number of sulfonamides is 1. The molecule has 4 N–H and O–H groups in total. The van der Waals surface area contributed by atoms with E-state index in [2.05, 4.69) is 29.2 Å². The lowest BCUT2D eigenvalue weighted by atomic mass is 9.90. The Balaban J connectivity index is 0.00000401. The van der Waals surface area contributed by atoms with Gasteiger partial charge in [0, 0.05) is 34.2 Å². The first-order chi connectivity index (χ1) is 28.2. The normalized spacial score (nSPS) is 18.9. The standard InChI is InChI=1S/C40H66N6O10S.C3H8/c1-11-25(4)36(45(8)34(49)23-41-40(52)35(24(2)3)44(6)7)32(55-9)22-33(48)46-20-12-13-31(46)37(56-10)26(5)38(50)42-30(21-27-14-16-28(47)17-15-27)39(51)43-57(53,54)29-18-19-29;1-3-2/h14-17,24-26,29-32,35-37,47H,11-13,18-23H2,1-10H3,(H,41,52)(H,42,50)(H,43,51);3H2,1-2H3. The Hall–Kier alpha value is -3.80. The molecule has 8 unspecified atom stereocenters. The minimum absolute atomic E-state index is 0.0148. The Morgan fingerprint density at radius 3 is 2.00 bits per heavy atom. The first-order valence-corrected chi connectivity index (χ1v) is 22.9. The third-order valence-corrected chi connectivity index (χ3v) is 13.2. The topological polar surface area (TPSA) is 204 Å². The predicted octanol–water partition coefficient (Wildman–Crippen LogP) is 3.07. The maximum Gasteiger partial charge on any atom is 0.256 e. The molecule has 1 aliphatic heterocycles. The van der Waals surface area contributed by atoms with E-state index in [0.29, 0.717) is 44.2 Å². The number of phenols is 1. The lowest BCUT2D eigenvalue weighted by Gasteiger charge is -2.39. The summed E-state index contributed by atoms with van der Waals surface area (Å²) in [5.74, 6) is -3.11. The molecule has 60 heavy (non-hydrogen) atoms. The zero-order chi connectivity index (χ0) is 45.5. The van der Waals surface area contributed by atoms with E-state index in [1.165, 1.54) is 32.8 Å². The van der Waals surface area contributed by atoms with Crippen LogP contribution in [0.2, 0.25) is 0 Å². The number of carbonyl (C=O) groups is 5. The number of nitrogens with one attached hydrogen (secondary N) is 3. The second kappa shape index (κ2) is 24.6. The van der Waals surface area contributed by atoms with Crippen molar-refractivity contribution >= 4 is 39.6 Å². The van der Waals surface area contributed by atoms with Crippen LogP contribution in [-0.2, 0) is 49.9 Å². The summed E-state index contributed by atoms with van der Waals surface area (Å²) >= 11 is 0. The number of nitrogens with zero attached hydrogens (tertiary/aromatic N) is 3. The first kappa shape index (κ1) is 52.3. The summed E-state index contributed by atoms with van der Waals surface area (Å²) in [6, 6.07) is 3.39. The number of rotatable bonds is 22. The largest absolute Gasteiger partial charge is 0.508 e. The van der Waals surface area contributed by atoms with Crippen molar-refractivity contribution < 1.29 is 47.0 Å². The van der Waals surface area contributed by atoms with Crippen molar-refractivity contribution in [2.45, 2.75) is 141 Å². The molecule has 8 atom stereocenters. The van der Waals surface area contributed by atoms with Crippen LogP contribution in [0.5, 0.6) is 5.75 Å². The van der Waals surface area contributed by atoms with Crippen molar-refractivity contribution in [1.29, 1.82) is 0 Å². The number of likely N-dealkylation sites (N-methyl/N-ethyl adjacent to an activating group) is 2. The number of ether oxygens (including phenoxy) is 2. The SMILES string of the molecule is CCC.CCC(C)C(C(CC(=O)N1CCCC1C(OC)C(C)C(=O)NC(Cc1ccc(O)cc1)C(=O)NS(=O)(=O)C1CC1)OC)N(C)C(=O)CNC(=O)C(C(C)C)N(C)C. The summed E-state index contributed by atoms with van der Waals surface area (Å²) in [6.45, 7) is 14.0. The van der Waals surface area contributed by atoms with Gasteiger partial charge in [0.1, 0.15) is 11.8 Å². The minimum atomic E-state index is -3.90. The Morgan fingerprint density at radius 2 is 1.50 bits per heavy atom. The molecule has 0 aromatic heterocycles. The van der Waals surface area contributed by atoms with Gasteiger partial charge in [-0.25, -0.2) is 8.42 Å². The molecule has 5 amide bonds. The molecule has 0 radical (unpaired) electrons. The van der Waals surface area contributed by atoms with Crippen LogP contribution in [0.4, 0.5) is 0 Å². The van der Waals surface area contributed by atoms with E-state index in [4.69, 9.17) is 9.47 Å². The van der Waals surface area contributed by atoms with Gasteiger partial charge in [-0.15, -0.1) is 0 Å². The van der Waals surface area contributed by atoms with Crippen LogP contribution >= 0.6 is 0 Å². The fourth-order valence-corrected chi connectivity index (χ4v) is 9.25. The molecule has 0 spiro atoms. The summed E-state index contributed by atoms with van der Waals surface area (Å²) in [5.41, 5.74) is 0.588. The summed E-state index contributed by atoms with van der Waals surface area (Å²) in [4.78, 5) is 72.9. The average Bonchev–Trinajstić information content (AvgIpc) is 3.95. The molecule has 0 bridgehead atoms. The molecule has 1 saturated heterocycles. The predicted molar refractivity (Wildman–Crippen MR) is 231 cm³/mol. The van der Waals surface area contributed by atoms with Crippen molar-refractivity contribution in [1.82, 2.24) is 30.1 Å². The summed E-state index contributed by atoms with van der Waals surface area (Å²) in [6.07, 6.45) is 2.51. The van der Waals surface area contributed by atoms with E-state index in [1.54, 1.807) is 35.9 Å². The van der Waals surface area contributed by atoms with E-state index >= 15 is 0 Å². The van der Waals surface area contributed by atoms with Gasteiger partial charge in [0.05, 0.1) is 54.5 Å². The fraction of sp³-hybridized carbons (Fsp3) is 0.744. The molecule has 1 aromatic rings. The van der Waals surface area contributed by atoms with Crippen molar-refractivity contribution in [2.24, 2.45) is 17.8 Å². The summed E-state index contributed by atoms with van der Waals surface area (Å²) < 4.78 is 39.2. The lowest BCUT2D eigenvalue weighted by Crippen LogP contribution is -2.56. The van der Waals surface area contributed by atoms with Crippen molar-refractivity contribution in [3.8, 4) is 5.75 Å². The smallest absolute Gasteiger partial charge is 0.256 e. The van der Waals surface area contributed by atoms with Crippen LogP contribution in [0.25, 0.3) is 0 Å². The Labute approximate surface area is 358 Å². The molecule has 16 nitrogen and oxygen atoms in total. The molecule has 17 heteroatoms. The van der Waals surface area contributed by atoms with Crippen LogP contribution in [0.1, 0.15) is 99.0 Å². The monoisotopic (exact) mass is 867 g/mol. The van der Waals surface area contributed by atoms with Gasteiger partial charge >= 0.3 is 0 Å². The minimum Gasteiger partial charge on any atom is -0.508 e. The highest BCUT2D eigenvalue weighted by molar-refractivity contribution is 7.90. The molecule has 342 valence electrons. The molecule has 3 rings (SSSR count). The van der Waals surface area contributed by atoms with Crippen LogP contribution < -0.4 is 15.4 Å². The van der Waals surface area contributed by atoms with Crippen molar-refractivity contribution in [2.75, 3.05) is 48.5 Å². The van der Waals surface area contributed by atoms with Crippen LogP contribution in [0.15, 0.2) is 24.3 Å². The zero-order valence-corrected chi connectivity index (χ0v) is 38.8. The van der Waals surface area contributed by atoms with Crippen LogP contribution in [0, 0.1) is 17.8 Å². The number of phenolic OH excluding ortho intramolecular Hbond substituents is 1. The van der Waals surface area contributed by atoms with E-state index in [0.717, 1.165) is 0 Å². The maximum absolute atomic E-state index is 14.1. The van der Waals surface area contributed by atoms with Gasteiger partial charge in [-0.3, -0.25) is 33.6 Å². The molecule has 1 heterocycles.